The fourth-order valence-electron chi connectivity index (χ4n) is 0.406. The first-order chi connectivity index (χ1) is 3.93. The quantitative estimate of drug-likeness (QED) is 0.489. The lowest BCUT2D eigenvalue weighted by molar-refractivity contribution is -0.343. The molecule has 1 heterocycles. The molecule has 0 radical (unpaired) electrons. The Labute approximate surface area is 47.2 Å². The molecule has 4 nitrogen and oxygen atoms in total. The van der Waals surface area contributed by atoms with Crippen molar-refractivity contribution < 1.29 is 19.2 Å². The van der Waals surface area contributed by atoms with Crippen molar-refractivity contribution in [2.75, 3.05) is 13.4 Å². The Kier molecular flexibility index (Phi) is 2.23. The minimum atomic E-state index is -0.611. The molecule has 8 heavy (non-hydrogen) atoms. The van der Waals surface area contributed by atoms with Crippen LogP contribution in [0.5, 0.6) is 0 Å². The van der Waals surface area contributed by atoms with E-state index >= 15 is 0 Å². The molecule has 1 aliphatic heterocycles. The van der Waals surface area contributed by atoms with E-state index in [4.69, 9.17) is 9.47 Å². The molecule has 0 aromatic rings. The highest BCUT2D eigenvalue weighted by atomic mass is 17.3. The molecular formula is C4H8O4. The van der Waals surface area contributed by atoms with Gasteiger partial charge < -0.3 is 4.74 Å². The van der Waals surface area contributed by atoms with Crippen molar-refractivity contribution in [2.24, 2.45) is 0 Å². The van der Waals surface area contributed by atoms with Crippen molar-refractivity contribution in [3.63, 3.8) is 0 Å². The zero-order chi connectivity index (χ0) is 5.82. The standard InChI is InChI=1S/C4H8O4/c1-2-5-4-6-3-7-8-4/h4H,2-3H2,1H3. The summed E-state index contributed by atoms with van der Waals surface area (Å²) in [4.78, 5) is 8.81. The Morgan fingerprint density at radius 1 is 1.75 bits per heavy atom. The zero-order valence-corrected chi connectivity index (χ0v) is 4.62. The lowest BCUT2D eigenvalue weighted by Crippen LogP contribution is -2.11. The van der Waals surface area contributed by atoms with Gasteiger partial charge in [0.05, 0.1) is 0 Å². The Balaban J connectivity index is 2.06. The van der Waals surface area contributed by atoms with Gasteiger partial charge in [-0.3, -0.25) is 4.74 Å². The minimum absolute atomic E-state index is 0.157. The van der Waals surface area contributed by atoms with Crippen LogP contribution in [0.4, 0.5) is 0 Å². The average molecular weight is 120 g/mol. The number of ether oxygens (including phenoxy) is 2. The highest BCUT2D eigenvalue weighted by Gasteiger charge is 2.16. The fourth-order valence-corrected chi connectivity index (χ4v) is 0.406. The van der Waals surface area contributed by atoms with Gasteiger partial charge in [0.25, 0.3) is 0 Å². The molecule has 1 rings (SSSR count). The summed E-state index contributed by atoms with van der Waals surface area (Å²) in [5.41, 5.74) is 0. The van der Waals surface area contributed by atoms with Crippen molar-refractivity contribution in [3.8, 4) is 0 Å². The first-order valence-corrected chi connectivity index (χ1v) is 2.45. The molecule has 1 unspecified atom stereocenters. The van der Waals surface area contributed by atoms with Gasteiger partial charge >= 0.3 is 6.48 Å². The second kappa shape index (κ2) is 2.99. The summed E-state index contributed by atoms with van der Waals surface area (Å²) in [7, 11) is 0. The predicted molar refractivity (Wildman–Crippen MR) is 23.5 cm³/mol. The van der Waals surface area contributed by atoms with Crippen molar-refractivity contribution >= 4 is 0 Å². The van der Waals surface area contributed by atoms with Crippen LogP contribution >= 0.6 is 0 Å². The molecule has 48 valence electrons. The SMILES string of the molecule is CCOC1OCOO1. The maximum Gasteiger partial charge on any atom is 0.303 e. The van der Waals surface area contributed by atoms with Gasteiger partial charge in [-0.05, 0) is 6.92 Å². The third kappa shape index (κ3) is 1.41. The highest BCUT2D eigenvalue weighted by molar-refractivity contribution is 4.19. The molecule has 0 aliphatic carbocycles. The molecule has 4 heteroatoms. The van der Waals surface area contributed by atoms with Crippen molar-refractivity contribution in [1.82, 2.24) is 0 Å². The largest absolute Gasteiger partial charge is 0.328 e. The monoisotopic (exact) mass is 120 g/mol. The summed E-state index contributed by atoms with van der Waals surface area (Å²) in [5, 5.41) is 0. The molecule has 0 spiro atoms. The minimum Gasteiger partial charge on any atom is -0.328 e. The maximum absolute atomic E-state index is 4.83. The molecule has 0 amide bonds. The molecule has 0 saturated carbocycles. The van der Waals surface area contributed by atoms with Gasteiger partial charge in [-0.15, -0.1) is 0 Å². The van der Waals surface area contributed by atoms with Gasteiger partial charge in [-0.2, -0.15) is 4.89 Å². The average Bonchev–Trinajstić information content (AvgIpc) is 2.19. The van der Waals surface area contributed by atoms with Crippen LogP contribution in [0.15, 0.2) is 0 Å². The number of hydrogen-bond acceptors (Lipinski definition) is 4. The third-order valence-electron chi connectivity index (χ3n) is 0.702. The molecule has 0 aromatic carbocycles. The second-order valence-electron chi connectivity index (χ2n) is 1.24. The highest BCUT2D eigenvalue weighted by Crippen LogP contribution is 2.04. The molecule has 1 fully saturated rings. The van der Waals surface area contributed by atoms with Crippen molar-refractivity contribution in [2.45, 2.75) is 13.4 Å². The first-order valence-electron chi connectivity index (χ1n) is 2.45. The normalized spacial score (nSPS) is 28.9. The van der Waals surface area contributed by atoms with Crippen molar-refractivity contribution in [3.05, 3.63) is 0 Å². The van der Waals surface area contributed by atoms with E-state index in [0.717, 1.165) is 0 Å². The van der Waals surface area contributed by atoms with Crippen molar-refractivity contribution in [1.29, 1.82) is 0 Å². The molecule has 1 atom stereocenters. The maximum atomic E-state index is 4.83. The van der Waals surface area contributed by atoms with E-state index in [1.165, 1.54) is 0 Å². The lowest BCUT2D eigenvalue weighted by atomic mass is 10.9. The van der Waals surface area contributed by atoms with Crippen LogP contribution in [-0.2, 0) is 19.2 Å². The third-order valence-corrected chi connectivity index (χ3v) is 0.702. The van der Waals surface area contributed by atoms with E-state index in [1.54, 1.807) is 0 Å². The summed E-state index contributed by atoms with van der Waals surface area (Å²) >= 11 is 0. The van der Waals surface area contributed by atoms with Gasteiger partial charge in [0.1, 0.15) is 0 Å². The number of hydrogen-bond donors (Lipinski definition) is 0. The van der Waals surface area contributed by atoms with E-state index < -0.39 is 6.48 Å². The number of rotatable bonds is 2. The molecule has 1 saturated heterocycles. The lowest BCUT2D eigenvalue weighted by Gasteiger charge is -2.02. The van der Waals surface area contributed by atoms with E-state index in [-0.39, 0.29) is 6.79 Å². The van der Waals surface area contributed by atoms with E-state index in [0.29, 0.717) is 6.61 Å². The summed E-state index contributed by atoms with van der Waals surface area (Å²) in [6.07, 6.45) is 0. The van der Waals surface area contributed by atoms with Gasteiger partial charge in [0.2, 0.25) is 0 Å². The van der Waals surface area contributed by atoms with Crippen LogP contribution in [0.1, 0.15) is 6.92 Å². The Morgan fingerprint density at radius 2 is 2.62 bits per heavy atom. The molecular weight excluding hydrogens is 112 g/mol. The van der Waals surface area contributed by atoms with Crippen LogP contribution in [0.3, 0.4) is 0 Å². The zero-order valence-electron chi connectivity index (χ0n) is 4.62. The molecule has 0 aromatic heterocycles. The van der Waals surface area contributed by atoms with Gasteiger partial charge in [-0.1, -0.05) is 0 Å². The van der Waals surface area contributed by atoms with Crippen LogP contribution in [-0.4, -0.2) is 19.9 Å². The molecule has 0 bridgehead atoms. The van der Waals surface area contributed by atoms with E-state index in [2.05, 4.69) is 9.78 Å². The summed E-state index contributed by atoms with van der Waals surface area (Å²) in [5.74, 6) is 0. The smallest absolute Gasteiger partial charge is 0.303 e. The second-order valence-corrected chi connectivity index (χ2v) is 1.24. The van der Waals surface area contributed by atoms with Gasteiger partial charge in [-0.25, -0.2) is 4.89 Å². The summed E-state index contributed by atoms with van der Waals surface area (Å²) in [6.45, 7) is 1.96. The van der Waals surface area contributed by atoms with E-state index in [9.17, 15) is 0 Å². The Morgan fingerprint density at radius 3 is 3.12 bits per heavy atom. The topological polar surface area (TPSA) is 36.9 Å². The Hall–Kier alpha value is -0.160. The van der Waals surface area contributed by atoms with Gasteiger partial charge in [0.15, 0.2) is 6.79 Å². The molecule has 0 N–H and O–H groups in total. The van der Waals surface area contributed by atoms with Gasteiger partial charge in [0, 0.05) is 6.61 Å². The first kappa shape index (κ1) is 5.97. The molecule has 1 aliphatic rings. The Bertz CT molecular complexity index is 59.1. The fraction of sp³-hybridized carbons (Fsp3) is 1.00. The summed E-state index contributed by atoms with van der Waals surface area (Å²) in [6, 6.07) is 0. The van der Waals surface area contributed by atoms with E-state index in [1.807, 2.05) is 6.92 Å². The van der Waals surface area contributed by atoms with Crippen LogP contribution in [0.2, 0.25) is 0 Å². The van der Waals surface area contributed by atoms with Crippen LogP contribution in [0.25, 0.3) is 0 Å². The predicted octanol–water partition coefficient (Wildman–Crippen LogP) is 0.242. The van der Waals surface area contributed by atoms with Crippen LogP contribution in [0, 0.1) is 0 Å². The summed E-state index contributed by atoms with van der Waals surface area (Å²) < 4.78 is 9.56. The van der Waals surface area contributed by atoms with Crippen LogP contribution < -0.4 is 0 Å².